The molecule has 0 saturated carbocycles. The molecule has 0 aliphatic rings. The van der Waals surface area contributed by atoms with Gasteiger partial charge in [-0.1, -0.05) is 12.1 Å². The van der Waals surface area contributed by atoms with Crippen LogP contribution in [-0.2, 0) is 13.1 Å². The summed E-state index contributed by atoms with van der Waals surface area (Å²) < 4.78 is 2.23. The Morgan fingerprint density at radius 2 is 2.00 bits per heavy atom. The van der Waals surface area contributed by atoms with Crippen LogP contribution in [0.4, 0.5) is 0 Å². The largest absolute Gasteiger partial charge is 0.351 e. The molecule has 0 amide bonds. The Bertz CT molecular complexity index is 560. The Morgan fingerprint density at radius 1 is 1.26 bits per heavy atom. The van der Waals surface area contributed by atoms with Crippen LogP contribution in [0.1, 0.15) is 36.7 Å². The van der Waals surface area contributed by atoms with Gasteiger partial charge in [0, 0.05) is 31.0 Å². The van der Waals surface area contributed by atoms with Crippen LogP contribution < -0.4 is 5.32 Å². The van der Waals surface area contributed by atoms with Crippen molar-refractivity contribution in [2.24, 2.45) is 0 Å². The first-order valence-electron chi connectivity index (χ1n) is 6.62. The Labute approximate surface area is 114 Å². The zero-order chi connectivity index (χ0) is 13.7. The van der Waals surface area contributed by atoms with Gasteiger partial charge in [0.1, 0.15) is 0 Å². The molecule has 0 fully saturated rings. The first-order chi connectivity index (χ1) is 9.24. The maximum Gasteiger partial charge on any atom is 0.0991 e. The highest BCUT2D eigenvalue weighted by Gasteiger charge is 2.06. The lowest BCUT2D eigenvalue weighted by atomic mass is 10.1. The first-order valence-corrected chi connectivity index (χ1v) is 6.62. The van der Waals surface area contributed by atoms with Crippen molar-refractivity contribution >= 4 is 0 Å². The minimum absolute atomic E-state index is 0.271. The quantitative estimate of drug-likeness (QED) is 0.888. The molecule has 2 rings (SSSR count). The molecule has 1 atom stereocenters. The molecule has 1 N–H and O–H groups in total. The van der Waals surface area contributed by atoms with Crippen LogP contribution >= 0.6 is 0 Å². The van der Waals surface area contributed by atoms with E-state index >= 15 is 0 Å². The number of rotatable bonds is 5. The Hall–Kier alpha value is -2.05. The van der Waals surface area contributed by atoms with Gasteiger partial charge in [-0.25, -0.2) is 0 Å². The van der Waals surface area contributed by atoms with Gasteiger partial charge < -0.3 is 9.88 Å². The van der Waals surface area contributed by atoms with E-state index in [2.05, 4.69) is 48.1 Å². The molecule has 98 valence electrons. The number of nitrogens with one attached hydrogen (secondary N) is 1. The summed E-state index contributed by atoms with van der Waals surface area (Å²) in [6, 6.07) is 14.4. The zero-order valence-corrected chi connectivity index (χ0v) is 11.4. The summed E-state index contributed by atoms with van der Waals surface area (Å²) in [5, 5.41) is 12.3. The van der Waals surface area contributed by atoms with E-state index in [0.717, 1.165) is 13.1 Å². The summed E-state index contributed by atoms with van der Waals surface area (Å²) in [7, 11) is 0. The van der Waals surface area contributed by atoms with Crippen molar-refractivity contribution in [1.29, 1.82) is 5.26 Å². The van der Waals surface area contributed by atoms with Crippen molar-refractivity contribution in [3.63, 3.8) is 0 Å². The summed E-state index contributed by atoms with van der Waals surface area (Å²) >= 11 is 0. The van der Waals surface area contributed by atoms with Crippen LogP contribution in [0.2, 0.25) is 0 Å². The lowest BCUT2D eigenvalue weighted by molar-refractivity contribution is 0.549. The zero-order valence-electron chi connectivity index (χ0n) is 11.4. The second-order valence-corrected chi connectivity index (χ2v) is 4.62. The van der Waals surface area contributed by atoms with E-state index in [1.165, 1.54) is 11.3 Å². The van der Waals surface area contributed by atoms with E-state index in [9.17, 15) is 0 Å². The highest BCUT2D eigenvalue weighted by molar-refractivity contribution is 5.32. The highest BCUT2D eigenvalue weighted by atomic mass is 15.0. The maximum atomic E-state index is 8.78. The molecule has 19 heavy (non-hydrogen) atoms. The highest BCUT2D eigenvalue weighted by Crippen LogP contribution is 2.14. The number of hydrogen-bond acceptors (Lipinski definition) is 2. The van der Waals surface area contributed by atoms with Crippen molar-refractivity contribution in [3.05, 3.63) is 59.4 Å². The van der Waals surface area contributed by atoms with Gasteiger partial charge in [0.2, 0.25) is 0 Å². The summed E-state index contributed by atoms with van der Waals surface area (Å²) in [4.78, 5) is 0. The normalized spacial score (nSPS) is 12.1. The van der Waals surface area contributed by atoms with Crippen LogP contribution in [0.15, 0.2) is 42.6 Å². The summed E-state index contributed by atoms with van der Waals surface area (Å²) in [6.07, 6.45) is 2.10. The predicted molar refractivity (Wildman–Crippen MR) is 76.5 cm³/mol. The second kappa shape index (κ2) is 6.21. The molecule has 1 unspecified atom stereocenters. The molecule has 1 aromatic heterocycles. The standard InChI is InChI=1S/C16H19N3/c1-3-19-10-4-5-16(19)12-18-13(2)15-8-6-14(11-17)7-9-15/h4-10,13,18H,3,12H2,1-2H3. The van der Waals surface area contributed by atoms with E-state index in [-0.39, 0.29) is 6.04 Å². The van der Waals surface area contributed by atoms with Crippen LogP contribution in [0.5, 0.6) is 0 Å². The third kappa shape index (κ3) is 3.24. The maximum absolute atomic E-state index is 8.78. The molecule has 2 aromatic rings. The van der Waals surface area contributed by atoms with Crippen LogP contribution in [0.3, 0.4) is 0 Å². The number of benzene rings is 1. The van der Waals surface area contributed by atoms with Gasteiger partial charge in [0.05, 0.1) is 11.6 Å². The monoisotopic (exact) mass is 253 g/mol. The van der Waals surface area contributed by atoms with Crippen LogP contribution in [0.25, 0.3) is 0 Å². The van der Waals surface area contributed by atoms with Crippen molar-refractivity contribution in [3.8, 4) is 6.07 Å². The smallest absolute Gasteiger partial charge is 0.0991 e. The SMILES string of the molecule is CCn1cccc1CNC(C)c1ccc(C#N)cc1. The molecular weight excluding hydrogens is 234 g/mol. The van der Waals surface area contributed by atoms with Crippen molar-refractivity contribution in [1.82, 2.24) is 9.88 Å². The third-order valence-corrected chi connectivity index (χ3v) is 3.39. The number of nitriles is 1. The van der Waals surface area contributed by atoms with Crippen LogP contribution in [0, 0.1) is 11.3 Å². The van der Waals surface area contributed by atoms with Gasteiger partial charge >= 0.3 is 0 Å². The minimum atomic E-state index is 0.271. The lowest BCUT2D eigenvalue weighted by Gasteiger charge is -2.15. The average molecular weight is 253 g/mol. The van der Waals surface area contributed by atoms with E-state index in [1.54, 1.807) is 0 Å². The van der Waals surface area contributed by atoms with Gasteiger partial charge in [-0.15, -0.1) is 0 Å². The molecule has 0 saturated heterocycles. The van der Waals surface area contributed by atoms with Gasteiger partial charge in [0.15, 0.2) is 0 Å². The summed E-state index contributed by atoms with van der Waals surface area (Å²) in [6.45, 7) is 6.13. The average Bonchev–Trinajstić information content (AvgIpc) is 2.92. The molecule has 0 spiro atoms. The number of aromatic nitrogens is 1. The number of nitrogens with zero attached hydrogens (tertiary/aromatic N) is 2. The number of hydrogen-bond donors (Lipinski definition) is 1. The molecule has 1 heterocycles. The molecular formula is C16H19N3. The molecule has 0 bridgehead atoms. The van der Waals surface area contributed by atoms with E-state index < -0.39 is 0 Å². The van der Waals surface area contributed by atoms with Gasteiger partial charge in [-0.3, -0.25) is 0 Å². The molecule has 0 aliphatic carbocycles. The van der Waals surface area contributed by atoms with Crippen molar-refractivity contribution in [2.45, 2.75) is 33.0 Å². The fourth-order valence-corrected chi connectivity index (χ4v) is 2.14. The first kappa shape index (κ1) is 13.4. The topological polar surface area (TPSA) is 40.8 Å². The van der Waals surface area contributed by atoms with E-state index in [1.807, 2.05) is 24.3 Å². The van der Waals surface area contributed by atoms with Crippen LogP contribution in [-0.4, -0.2) is 4.57 Å². The molecule has 0 aliphatic heterocycles. The van der Waals surface area contributed by atoms with Gasteiger partial charge in [-0.2, -0.15) is 5.26 Å². The minimum Gasteiger partial charge on any atom is -0.351 e. The number of aryl methyl sites for hydroxylation is 1. The summed E-state index contributed by atoms with van der Waals surface area (Å²) in [5.74, 6) is 0. The van der Waals surface area contributed by atoms with Gasteiger partial charge in [-0.05, 0) is 43.7 Å². The molecule has 1 aromatic carbocycles. The fraction of sp³-hybridized carbons (Fsp3) is 0.312. The van der Waals surface area contributed by atoms with Crippen molar-refractivity contribution < 1.29 is 0 Å². The Morgan fingerprint density at radius 3 is 2.63 bits per heavy atom. The van der Waals surface area contributed by atoms with E-state index in [4.69, 9.17) is 5.26 Å². The molecule has 3 nitrogen and oxygen atoms in total. The third-order valence-electron chi connectivity index (χ3n) is 3.39. The lowest BCUT2D eigenvalue weighted by Crippen LogP contribution is -2.19. The van der Waals surface area contributed by atoms with Gasteiger partial charge in [0.25, 0.3) is 0 Å². The molecule has 0 radical (unpaired) electrons. The second-order valence-electron chi connectivity index (χ2n) is 4.62. The fourth-order valence-electron chi connectivity index (χ4n) is 2.14. The van der Waals surface area contributed by atoms with E-state index in [0.29, 0.717) is 5.56 Å². The molecule has 3 heteroatoms. The predicted octanol–water partition coefficient (Wildman–Crippen LogP) is 3.23. The Balaban J connectivity index is 1.97. The summed E-state index contributed by atoms with van der Waals surface area (Å²) in [5.41, 5.74) is 3.20. The Kier molecular flexibility index (Phi) is 4.38. The van der Waals surface area contributed by atoms with Crippen molar-refractivity contribution in [2.75, 3.05) is 0 Å².